The first-order valence-corrected chi connectivity index (χ1v) is 6.25. The van der Waals surface area contributed by atoms with Crippen molar-refractivity contribution in [2.24, 2.45) is 5.92 Å². The summed E-state index contributed by atoms with van der Waals surface area (Å²) < 4.78 is 1.30. The molecule has 0 spiro atoms. The number of hydrogen-bond donors (Lipinski definition) is 1. The van der Waals surface area contributed by atoms with E-state index in [1.807, 2.05) is 6.20 Å². The number of aromatic nitrogens is 1. The molecule has 0 aliphatic rings. The zero-order valence-corrected chi connectivity index (χ0v) is 9.97. The third-order valence-electron chi connectivity index (χ3n) is 2.69. The van der Waals surface area contributed by atoms with Crippen LogP contribution in [0.5, 0.6) is 0 Å². The van der Waals surface area contributed by atoms with Gasteiger partial charge in [0.1, 0.15) is 5.82 Å². The molecule has 2 aromatic rings. The van der Waals surface area contributed by atoms with Crippen molar-refractivity contribution in [2.75, 3.05) is 11.9 Å². The van der Waals surface area contributed by atoms with Crippen LogP contribution in [0.1, 0.15) is 20.3 Å². The fraction of sp³-hybridized carbons (Fsp3) is 0.417. The van der Waals surface area contributed by atoms with E-state index in [-0.39, 0.29) is 0 Å². The lowest BCUT2D eigenvalue weighted by Crippen LogP contribution is -2.11. The number of nitrogens with one attached hydrogen (secondary N) is 1. The van der Waals surface area contributed by atoms with Crippen LogP contribution in [0.4, 0.5) is 5.82 Å². The molecule has 1 N–H and O–H groups in total. The van der Waals surface area contributed by atoms with Crippen molar-refractivity contribution < 1.29 is 0 Å². The fourth-order valence-corrected chi connectivity index (χ4v) is 2.23. The summed E-state index contributed by atoms with van der Waals surface area (Å²) in [6.45, 7) is 5.46. The largest absolute Gasteiger partial charge is 0.369 e. The molecule has 2 rings (SSSR count). The minimum Gasteiger partial charge on any atom is -0.369 e. The number of nitrogens with zero attached hydrogens (tertiary/aromatic N) is 1. The lowest BCUT2D eigenvalue weighted by Gasteiger charge is -2.11. The third-order valence-corrected chi connectivity index (χ3v) is 3.58. The molecule has 15 heavy (non-hydrogen) atoms. The number of anilines is 1. The van der Waals surface area contributed by atoms with E-state index in [0.29, 0.717) is 5.92 Å². The van der Waals surface area contributed by atoms with Crippen LogP contribution in [0.2, 0.25) is 0 Å². The third kappa shape index (κ3) is 2.29. The molecule has 0 radical (unpaired) electrons. The van der Waals surface area contributed by atoms with Crippen LogP contribution < -0.4 is 5.32 Å². The van der Waals surface area contributed by atoms with E-state index in [1.165, 1.54) is 16.5 Å². The molecule has 0 saturated carbocycles. The Morgan fingerprint density at radius 2 is 2.33 bits per heavy atom. The highest BCUT2D eigenvalue weighted by Crippen LogP contribution is 2.25. The summed E-state index contributed by atoms with van der Waals surface area (Å²) in [6.07, 6.45) is 3.07. The molecule has 0 saturated heterocycles. The topological polar surface area (TPSA) is 24.9 Å². The predicted octanol–water partition coefficient (Wildman–Crippen LogP) is 3.75. The minimum absolute atomic E-state index is 0.695. The number of hydrogen-bond acceptors (Lipinski definition) is 3. The van der Waals surface area contributed by atoms with Gasteiger partial charge in [0.2, 0.25) is 0 Å². The second kappa shape index (κ2) is 4.62. The van der Waals surface area contributed by atoms with Crippen LogP contribution in [-0.4, -0.2) is 11.5 Å². The molecule has 1 unspecified atom stereocenters. The van der Waals surface area contributed by atoms with Crippen LogP contribution in [0, 0.1) is 5.92 Å². The van der Waals surface area contributed by atoms with Crippen LogP contribution in [-0.2, 0) is 0 Å². The lowest BCUT2D eigenvalue weighted by molar-refractivity contribution is 0.593. The van der Waals surface area contributed by atoms with Crippen molar-refractivity contribution in [3.05, 3.63) is 23.7 Å². The first kappa shape index (κ1) is 10.4. The van der Waals surface area contributed by atoms with Gasteiger partial charge >= 0.3 is 0 Å². The van der Waals surface area contributed by atoms with Gasteiger partial charge in [-0.05, 0) is 23.4 Å². The Morgan fingerprint density at radius 3 is 3.13 bits per heavy atom. The molecule has 0 aromatic carbocycles. The van der Waals surface area contributed by atoms with E-state index in [2.05, 4.69) is 41.7 Å². The highest BCUT2D eigenvalue weighted by molar-refractivity contribution is 7.17. The normalized spacial score (nSPS) is 12.9. The summed E-state index contributed by atoms with van der Waals surface area (Å²) in [4.78, 5) is 4.38. The van der Waals surface area contributed by atoms with Gasteiger partial charge in [0, 0.05) is 22.8 Å². The second-order valence-corrected chi connectivity index (χ2v) is 4.83. The van der Waals surface area contributed by atoms with Gasteiger partial charge in [-0.15, -0.1) is 11.3 Å². The van der Waals surface area contributed by atoms with Gasteiger partial charge in [0.05, 0.1) is 0 Å². The maximum atomic E-state index is 4.38. The van der Waals surface area contributed by atoms with Gasteiger partial charge in [0.25, 0.3) is 0 Å². The van der Waals surface area contributed by atoms with E-state index in [1.54, 1.807) is 11.3 Å². The maximum absolute atomic E-state index is 4.38. The molecule has 0 aliphatic carbocycles. The first-order chi connectivity index (χ1) is 7.31. The summed E-state index contributed by atoms with van der Waals surface area (Å²) in [5.41, 5.74) is 0. The quantitative estimate of drug-likeness (QED) is 0.848. The molecule has 2 nitrogen and oxygen atoms in total. The molecule has 0 fully saturated rings. The Balaban J connectivity index is 2.17. The van der Waals surface area contributed by atoms with Crippen LogP contribution in [0.15, 0.2) is 23.7 Å². The summed E-state index contributed by atoms with van der Waals surface area (Å²) in [7, 11) is 0. The SMILES string of the molecule is CCC(C)CNc1nccc2sccc12. The molecule has 0 aliphatic heterocycles. The van der Waals surface area contributed by atoms with E-state index in [0.717, 1.165) is 12.4 Å². The van der Waals surface area contributed by atoms with Crippen LogP contribution in [0.3, 0.4) is 0 Å². The average Bonchev–Trinajstić information content (AvgIpc) is 2.74. The second-order valence-electron chi connectivity index (χ2n) is 3.89. The maximum Gasteiger partial charge on any atom is 0.134 e. The summed E-state index contributed by atoms with van der Waals surface area (Å²) in [6, 6.07) is 4.19. The smallest absolute Gasteiger partial charge is 0.134 e. The zero-order chi connectivity index (χ0) is 10.7. The zero-order valence-electron chi connectivity index (χ0n) is 9.16. The van der Waals surface area contributed by atoms with Crippen molar-refractivity contribution in [1.82, 2.24) is 4.98 Å². The molecule has 2 heterocycles. The summed E-state index contributed by atoms with van der Waals surface area (Å²) in [5.74, 6) is 1.72. The predicted molar refractivity (Wildman–Crippen MR) is 67.6 cm³/mol. The van der Waals surface area contributed by atoms with Crippen molar-refractivity contribution >= 4 is 27.2 Å². The Morgan fingerprint density at radius 1 is 1.47 bits per heavy atom. The van der Waals surface area contributed by atoms with Crippen LogP contribution in [0.25, 0.3) is 10.1 Å². The number of rotatable bonds is 4. The summed E-state index contributed by atoms with van der Waals surface area (Å²) >= 11 is 1.76. The van der Waals surface area contributed by atoms with Crippen molar-refractivity contribution in [3.63, 3.8) is 0 Å². The van der Waals surface area contributed by atoms with Gasteiger partial charge in [-0.3, -0.25) is 0 Å². The van der Waals surface area contributed by atoms with Gasteiger partial charge < -0.3 is 5.32 Å². The Kier molecular flexibility index (Phi) is 3.21. The van der Waals surface area contributed by atoms with E-state index < -0.39 is 0 Å². The Hall–Kier alpha value is -1.09. The lowest BCUT2D eigenvalue weighted by atomic mass is 10.1. The number of fused-ring (bicyclic) bond motifs is 1. The number of pyridine rings is 1. The highest BCUT2D eigenvalue weighted by Gasteiger charge is 2.04. The van der Waals surface area contributed by atoms with E-state index in [9.17, 15) is 0 Å². The van der Waals surface area contributed by atoms with Crippen molar-refractivity contribution in [1.29, 1.82) is 0 Å². The fourth-order valence-electron chi connectivity index (χ4n) is 1.45. The first-order valence-electron chi connectivity index (χ1n) is 5.37. The standard InChI is InChI=1S/C12H16N2S/c1-3-9(2)8-14-12-10-5-7-15-11(10)4-6-13-12/h4-7,9H,3,8H2,1-2H3,(H,13,14). The van der Waals surface area contributed by atoms with Gasteiger partial charge in [-0.2, -0.15) is 0 Å². The monoisotopic (exact) mass is 220 g/mol. The minimum atomic E-state index is 0.695. The molecular weight excluding hydrogens is 204 g/mol. The number of thiophene rings is 1. The Labute approximate surface area is 94.3 Å². The van der Waals surface area contributed by atoms with E-state index >= 15 is 0 Å². The van der Waals surface area contributed by atoms with Crippen molar-refractivity contribution in [3.8, 4) is 0 Å². The molecule has 80 valence electrons. The molecule has 0 bridgehead atoms. The molecule has 0 amide bonds. The molecular formula is C12H16N2S. The molecule has 2 aromatic heterocycles. The van der Waals surface area contributed by atoms with Crippen LogP contribution >= 0.6 is 11.3 Å². The van der Waals surface area contributed by atoms with Gasteiger partial charge in [-0.25, -0.2) is 4.98 Å². The van der Waals surface area contributed by atoms with Gasteiger partial charge in [0.15, 0.2) is 0 Å². The average molecular weight is 220 g/mol. The Bertz CT molecular complexity index is 436. The molecule has 3 heteroatoms. The van der Waals surface area contributed by atoms with E-state index in [4.69, 9.17) is 0 Å². The van der Waals surface area contributed by atoms with Gasteiger partial charge in [-0.1, -0.05) is 20.3 Å². The molecule has 1 atom stereocenters. The van der Waals surface area contributed by atoms with Crippen molar-refractivity contribution in [2.45, 2.75) is 20.3 Å². The summed E-state index contributed by atoms with van der Waals surface area (Å²) in [5, 5.41) is 6.77. The highest BCUT2D eigenvalue weighted by atomic mass is 32.1.